The minimum Gasteiger partial charge on any atom is -0.252 e. The molecule has 0 saturated carbocycles. The Morgan fingerprint density at radius 2 is 1.10 bits per heavy atom. The summed E-state index contributed by atoms with van der Waals surface area (Å²) in [5.74, 6) is 1.09. The zero-order valence-corrected chi connectivity index (χ0v) is 34.5. The average molecular weight is 797 g/mol. The van der Waals surface area contributed by atoms with Gasteiger partial charge in [0, 0.05) is 39.3 Å². The quantitative estimate of drug-likeness (QED) is 0.161. The number of rotatable bonds is 7. The van der Waals surface area contributed by atoms with Gasteiger partial charge in [0.2, 0.25) is 0 Å². The minimum absolute atomic E-state index is 0.369. The van der Waals surface area contributed by atoms with Crippen molar-refractivity contribution < 1.29 is 0 Å². The molecule has 0 radical (unpaired) electrons. The van der Waals surface area contributed by atoms with E-state index in [9.17, 15) is 0 Å². The van der Waals surface area contributed by atoms with Crippen LogP contribution in [0.25, 0.3) is 78.2 Å². The van der Waals surface area contributed by atoms with E-state index in [4.69, 9.17) is 19.9 Å². The first-order valence-electron chi connectivity index (χ1n) is 21.8. The highest BCUT2D eigenvalue weighted by atomic mass is 14.9. The van der Waals surface area contributed by atoms with Crippen molar-refractivity contribution in [1.29, 1.82) is 0 Å². The molecule has 0 N–H and O–H groups in total. The predicted molar refractivity (Wildman–Crippen MR) is 258 cm³/mol. The molecule has 296 valence electrons. The van der Waals surface area contributed by atoms with E-state index in [0.717, 1.165) is 99.4 Å². The van der Waals surface area contributed by atoms with Crippen LogP contribution in [0.1, 0.15) is 42.5 Å². The zero-order valence-electron chi connectivity index (χ0n) is 34.5. The van der Waals surface area contributed by atoms with Gasteiger partial charge in [-0.3, -0.25) is 4.99 Å². The maximum Gasteiger partial charge on any atom is 0.160 e. The summed E-state index contributed by atoms with van der Waals surface area (Å²) < 4.78 is 0. The lowest BCUT2D eigenvalue weighted by molar-refractivity contribution is 0.624. The molecule has 3 heterocycles. The van der Waals surface area contributed by atoms with Crippen molar-refractivity contribution in [3.05, 3.63) is 217 Å². The van der Waals surface area contributed by atoms with Crippen molar-refractivity contribution in [3.63, 3.8) is 0 Å². The highest BCUT2D eigenvalue weighted by molar-refractivity contribution is 6.06. The summed E-state index contributed by atoms with van der Waals surface area (Å²) in [6.07, 6.45) is 18.2. The largest absolute Gasteiger partial charge is 0.252 e. The highest BCUT2D eigenvalue weighted by Gasteiger charge is 2.27. The van der Waals surface area contributed by atoms with E-state index >= 15 is 0 Å². The molecular weight excluding hydrogens is 753 g/mol. The van der Waals surface area contributed by atoms with Crippen molar-refractivity contribution in [3.8, 4) is 56.2 Å². The number of para-hydroxylation sites is 1. The predicted octanol–water partition coefficient (Wildman–Crippen LogP) is 14.8. The molecule has 2 aromatic heterocycles. The van der Waals surface area contributed by atoms with E-state index in [-0.39, 0.29) is 0 Å². The van der Waals surface area contributed by atoms with E-state index < -0.39 is 0 Å². The molecule has 4 heteroatoms. The Morgan fingerprint density at radius 1 is 0.468 bits per heavy atom. The first-order valence-corrected chi connectivity index (χ1v) is 21.8. The Labute approximate surface area is 363 Å². The molecule has 3 aliphatic rings. The topological polar surface area (TPSA) is 51.0 Å². The lowest BCUT2D eigenvalue weighted by Gasteiger charge is -2.26. The second kappa shape index (κ2) is 16.5. The number of hydrogen-bond acceptors (Lipinski definition) is 4. The Bertz CT molecular complexity index is 3120. The lowest BCUT2D eigenvalue weighted by Crippen LogP contribution is -2.20. The van der Waals surface area contributed by atoms with Gasteiger partial charge in [0.25, 0.3) is 0 Å². The van der Waals surface area contributed by atoms with E-state index in [0.29, 0.717) is 5.92 Å². The SMILES string of the molecule is C1=C(c2ccccc2)CCC(c2cc(-c3ccc(-c4ccccc4)cc3)nc(-c3ccc(-c4cccc(-c5nc6ccccc6c6c5CC5CC/C=C\C=C/C5=N6)c4)cc3)n2)=C1. The molecule has 6 aromatic carbocycles. The number of fused-ring (bicyclic) bond motifs is 4. The number of nitrogens with zero attached hydrogens (tertiary/aromatic N) is 4. The highest BCUT2D eigenvalue weighted by Crippen LogP contribution is 2.43. The van der Waals surface area contributed by atoms with Gasteiger partial charge in [-0.25, -0.2) is 15.0 Å². The van der Waals surface area contributed by atoms with Gasteiger partial charge in [0.05, 0.1) is 28.3 Å². The number of hydrogen-bond donors (Lipinski definition) is 0. The summed E-state index contributed by atoms with van der Waals surface area (Å²) in [6.45, 7) is 0. The van der Waals surface area contributed by atoms with E-state index in [1.165, 1.54) is 39.1 Å². The third-order valence-corrected chi connectivity index (χ3v) is 12.5. The fraction of sp³-hybridized carbons (Fsp3) is 0.103. The molecular formula is C58H44N4. The van der Waals surface area contributed by atoms with Crippen molar-refractivity contribution >= 4 is 33.4 Å². The number of aromatic nitrogens is 3. The maximum atomic E-state index is 5.33. The van der Waals surface area contributed by atoms with E-state index in [1.807, 2.05) is 0 Å². The van der Waals surface area contributed by atoms with Crippen LogP contribution in [0.3, 0.4) is 0 Å². The van der Waals surface area contributed by atoms with Gasteiger partial charge < -0.3 is 0 Å². The second-order valence-corrected chi connectivity index (χ2v) is 16.4. The fourth-order valence-corrected chi connectivity index (χ4v) is 9.17. The Balaban J connectivity index is 0.946. The number of aliphatic imine (C=N–C) groups is 1. The molecule has 1 unspecified atom stereocenters. The monoisotopic (exact) mass is 796 g/mol. The summed E-state index contributed by atoms with van der Waals surface area (Å²) in [7, 11) is 0. The van der Waals surface area contributed by atoms with Crippen LogP contribution < -0.4 is 0 Å². The normalized spacial score (nSPS) is 16.8. The van der Waals surface area contributed by atoms with Gasteiger partial charge in [-0.15, -0.1) is 0 Å². The number of allylic oxidation sites excluding steroid dienone is 8. The fourth-order valence-electron chi connectivity index (χ4n) is 9.17. The van der Waals surface area contributed by atoms with Crippen LogP contribution in [0, 0.1) is 5.92 Å². The molecule has 0 bridgehead atoms. The maximum absolute atomic E-state index is 5.33. The summed E-state index contributed by atoms with van der Waals surface area (Å²) in [4.78, 5) is 21.1. The van der Waals surface area contributed by atoms with Crippen LogP contribution in [0.5, 0.6) is 0 Å². The first kappa shape index (κ1) is 37.4. The van der Waals surface area contributed by atoms with Crippen molar-refractivity contribution in [2.75, 3.05) is 0 Å². The van der Waals surface area contributed by atoms with Gasteiger partial charge in [-0.05, 0) is 95.3 Å². The summed E-state index contributed by atoms with van der Waals surface area (Å²) in [6, 6.07) is 58.0. The summed E-state index contributed by atoms with van der Waals surface area (Å²) in [5.41, 5.74) is 19.0. The molecule has 1 atom stereocenters. The molecule has 2 aliphatic carbocycles. The first-order chi connectivity index (χ1) is 30.7. The summed E-state index contributed by atoms with van der Waals surface area (Å²) in [5, 5.41) is 1.11. The molecule has 0 amide bonds. The van der Waals surface area contributed by atoms with Crippen LogP contribution in [0.15, 0.2) is 205 Å². The third kappa shape index (κ3) is 7.45. The minimum atomic E-state index is 0.369. The Morgan fingerprint density at radius 3 is 1.89 bits per heavy atom. The molecule has 1 aliphatic heterocycles. The lowest BCUT2D eigenvalue weighted by atomic mass is 9.83. The van der Waals surface area contributed by atoms with Crippen molar-refractivity contribution in [2.24, 2.45) is 10.9 Å². The van der Waals surface area contributed by atoms with Gasteiger partial charge >= 0.3 is 0 Å². The van der Waals surface area contributed by atoms with Crippen molar-refractivity contribution in [2.45, 2.75) is 32.1 Å². The van der Waals surface area contributed by atoms with Gasteiger partial charge in [0.1, 0.15) is 0 Å². The van der Waals surface area contributed by atoms with Crippen LogP contribution in [-0.2, 0) is 6.42 Å². The third-order valence-electron chi connectivity index (χ3n) is 12.5. The number of pyridine rings is 1. The molecule has 0 spiro atoms. The van der Waals surface area contributed by atoms with Gasteiger partial charge in [-0.1, -0.05) is 176 Å². The number of benzene rings is 6. The molecule has 4 nitrogen and oxygen atoms in total. The zero-order chi connectivity index (χ0) is 41.2. The summed E-state index contributed by atoms with van der Waals surface area (Å²) >= 11 is 0. The smallest absolute Gasteiger partial charge is 0.160 e. The van der Waals surface area contributed by atoms with Crippen LogP contribution >= 0.6 is 0 Å². The van der Waals surface area contributed by atoms with Crippen molar-refractivity contribution in [1.82, 2.24) is 15.0 Å². The molecule has 8 aromatic rings. The van der Waals surface area contributed by atoms with Crippen LogP contribution in [0.2, 0.25) is 0 Å². The Kier molecular flexibility index (Phi) is 9.95. The van der Waals surface area contributed by atoms with E-state index in [2.05, 4.69) is 200 Å². The van der Waals surface area contributed by atoms with Crippen LogP contribution in [0.4, 0.5) is 5.69 Å². The van der Waals surface area contributed by atoms with Gasteiger partial charge in [-0.2, -0.15) is 0 Å². The molecule has 0 saturated heterocycles. The second-order valence-electron chi connectivity index (χ2n) is 16.4. The molecule has 0 fully saturated rings. The average Bonchev–Trinajstić information content (AvgIpc) is 3.34. The Hall–Kier alpha value is -7.56. The molecule has 62 heavy (non-hydrogen) atoms. The van der Waals surface area contributed by atoms with E-state index in [1.54, 1.807) is 0 Å². The standard InChI is InChI=1S/C58H44N4/c1-2-10-22-52-48(18-5-1)37-51-56(60-53-23-12-11-21-50(53)57(51)59-52)49-20-13-19-47(36-49)43-28-34-46(35-29-43)58-61-54(44-30-24-41(25-31-44)39-14-6-3-7-15-39)38-55(62-58)45-32-26-42(27-33-45)40-16-8-4-9-17-40/h1-4,6-17,19-26,28-32,34-36,38,48H,5,18,27,33,37H2/b2-1-,22-10-. The molecule has 11 rings (SSSR count). The van der Waals surface area contributed by atoms with Gasteiger partial charge in [0.15, 0.2) is 5.82 Å². The van der Waals surface area contributed by atoms with Crippen LogP contribution in [-0.4, -0.2) is 20.7 Å².